The minimum Gasteiger partial charge on any atom is -0.467 e. The molecular weight excluding hydrogens is 250 g/mol. The second-order valence-corrected chi connectivity index (χ2v) is 5.28. The minimum absolute atomic E-state index is 0.0776. The van der Waals surface area contributed by atoms with Crippen LogP contribution in [-0.2, 0) is 4.74 Å². The van der Waals surface area contributed by atoms with E-state index in [2.05, 4.69) is 31.3 Å². The molecule has 1 aromatic heterocycles. The fourth-order valence-corrected chi connectivity index (χ4v) is 2.08. The van der Waals surface area contributed by atoms with Crippen LogP contribution in [0.3, 0.4) is 0 Å². The number of ether oxygens (including phenoxy) is 1. The molecule has 0 aliphatic carbocycles. The van der Waals surface area contributed by atoms with E-state index >= 15 is 0 Å². The van der Waals surface area contributed by atoms with E-state index in [1.807, 2.05) is 30.3 Å². The summed E-state index contributed by atoms with van der Waals surface area (Å²) < 4.78 is 11.1. The smallest absolute Gasteiger partial charge is 0.125 e. The van der Waals surface area contributed by atoms with Gasteiger partial charge in [0, 0.05) is 13.2 Å². The second kappa shape index (κ2) is 7.88. The summed E-state index contributed by atoms with van der Waals surface area (Å²) in [4.78, 5) is 0. The fraction of sp³-hybridized carbons (Fsp3) is 0.412. The summed E-state index contributed by atoms with van der Waals surface area (Å²) in [5.41, 5.74) is 1.20. The SMILES string of the molecule is CC(C)COCCNC(c1ccccc1)c1ccco1. The van der Waals surface area contributed by atoms with Gasteiger partial charge in [-0.15, -0.1) is 0 Å². The van der Waals surface area contributed by atoms with Crippen molar-refractivity contribution in [2.75, 3.05) is 19.8 Å². The molecule has 1 aromatic carbocycles. The Bertz CT molecular complexity index is 465. The number of furan rings is 1. The molecule has 20 heavy (non-hydrogen) atoms. The third-order valence-corrected chi connectivity index (χ3v) is 3.01. The first-order chi connectivity index (χ1) is 9.77. The molecule has 108 valence electrons. The zero-order valence-electron chi connectivity index (χ0n) is 12.2. The standard InChI is InChI=1S/C17H23NO2/c1-14(2)13-19-12-10-18-17(16-9-6-11-20-16)15-7-4-3-5-8-15/h3-9,11,14,17-18H,10,12-13H2,1-2H3. The monoisotopic (exact) mass is 273 g/mol. The summed E-state index contributed by atoms with van der Waals surface area (Å²) in [7, 11) is 0. The molecule has 1 atom stereocenters. The molecule has 0 bridgehead atoms. The van der Waals surface area contributed by atoms with Crippen molar-refractivity contribution in [1.29, 1.82) is 0 Å². The van der Waals surface area contributed by atoms with Crippen LogP contribution in [0, 0.1) is 5.92 Å². The van der Waals surface area contributed by atoms with Crippen LogP contribution >= 0.6 is 0 Å². The molecule has 3 nitrogen and oxygen atoms in total. The highest BCUT2D eigenvalue weighted by atomic mass is 16.5. The minimum atomic E-state index is 0.0776. The number of benzene rings is 1. The van der Waals surface area contributed by atoms with Crippen LogP contribution < -0.4 is 5.32 Å². The van der Waals surface area contributed by atoms with Gasteiger partial charge in [0.2, 0.25) is 0 Å². The summed E-state index contributed by atoms with van der Waals surface area (Å²) in [6.45, 7) is 6.62. The molecule has 0 aliphatic heterocycles. The Morgan fingerprint density at radius 3 is 2.55 bits per heavy atom. The van der Waals surface area contributed by atoms with E-state index in [1.165, 1.54) is 5.56 Å². The van der Waals surface area contributed by atoms with Crippen LogP contribution in [-0.4, -0.2) is 19.8 Å². The molecule has 0 saturated carbocycles. The summed E-state index contributed by atoms with van der Waals surface area (Å²) >= 11 is 0. The predicted molar refractivity (Wildman–Crippen MR) is 80.7 cm³/mol. The van der Waals surface area contributed by atoms with Crippen molar-refractivity contribution in [1.82, 2.24) is 5.32 Å². The van der Waals surface area contributed by atoms with Crippen LogP contribution in [0.5, 0.6) is 0 Å². The van der Waals surface area contributed by atoms with E-state index in [-0.39, 0.29) is 6.04 Å². The van der Waals surface area contributed by atoms with Crippen molar-refractivity contribution < 1.29 is 9.15 Å². The lowest BCUT2D eigenvalue weighted by molar-refractivity contribution is 0.110. The first-order valence-electron chi connectivity index (χ1n) is 7.17. The fourth-order valence-electron chi connectivity index (χ4n) is 2.08. The van der Waals surface area contributed by atoms with E-state index in [1.54, 1.807) is 6.26 Å². The quantitative estimate of drug-likeness (QED) is 0.746. The van der Waals surface area contributed by atoms with Crippen molar-refractivity contribution in [2.24, 2.45) is 5.92 Å². The summed E-state index contributed by atoms with van der Waals surface area (Å²) in [6.07, 6.45) is 1.71. The lowest BCUT2D eigenvalue weighted by Crippen LogP contribution is -2.26. The van der Waals surface area contributed by atoms with E-state index < -0.39 is 0 Å². The van der Waals surface area contributed by atoms with Gasteiger partial charge in [0.25, 0.3) is 0 Å². The number of hydrogen-bond acceptors (Lipinski definition) is 3. The maximum atomic E-state index is 5.61. The van der Waals surface area contributed by atoms with Crippen molar-refractivity contribution >= 4 is 0 Å². The van der Waals surface area contributed by atoms with Crippen LogP contribution in [0.15, 0.2) is 53.1 Å². The van der Waals surface area contributed by atoms with Gasteiger partial charge in [-0.05, 0) is 23.6 Å². The van der Waals surface area contributed by atoms with Crippen molar-refractivity contribution in [3.8, 4) is 0 Å². The Hall–Kier alpha value is -1.58. The van der Waals surface area contributed by atoms with Crippen LogP contribution in [0.1, 0.15) is 31.2 Å². The van der Waals surface area contributed by atoms with Gasteiger partial charge < -0.3 is 14.5 Å². The lowest BCUT2D eigenvalue weighted by Gasteiger charge is -2.17. The van der Waals surface area contributed by atoms with E-state index in [0.717, 1.165) is 18.9 Å². The maximum Gasteiger partial charge on any atom is 0.125 e. The topological polar surface area (TPSA) is 34.4 Å². The van der Waals surface area contributed by atoms with Crippen molar-refractivity contribution in [3.63, 3.8) is 0 Å². The first-order valence-corrected chi connectivity index (χ1v) is 7.17. The third kappa shape index (κ3) is 4.51. The highest BCUT2D eigenvalue weighted by molar-refractivity contribution is 5.26. The Morgan fingerprint density at radius 2 is 1.90 bits per heavy atom. The molecule has 2 aromatic rings. The van der Waals surface area contributed by atoms with E-state index in [4.69, 9.17) is 9.15 Å². The van der Waals surface area contributed by atoms with Crippen LogP contribution in [0.4, 0.5) is 0 Å². The molecule has 0 saturated heterocycles. The average Bonchev–Trinajstić information content (AvgIpc) is 2.97. The maximum absolute atomic E-state index is 5.61. The number of rotatable bonds is 8. The van der Waals surface area contributed by atoms with Gasteiger partial charge in [-0.2, -0.15) is 0 Å². The first kappa shape index (κ1) is 14.8. The molecule has 0 spiro atoms. The van der Waals surface area contributed by atoms with Gasteiger partial charge in [0.05, 0.1) is 18.9 Å². The van der Waals surface area contributed by atoms with Gasteiger partial charge in [-0.3, -0.25) is 0 Å². The average molecular weight is 273 g/mol. The highest BCUT2D eigenvalue weighted by Crippen LogP contribution is 2.21. The lowest BCUT2D eigenvalue weighted by atomic mass is 10.0. The molecule has 2 rings (SSSR count). The van der Waals surface area contributed by atoms with Gasteiger partial charge in [0.15, 0.2) is 0 Å². The molecule has 0 fully saturated rings. The highest BCUT2D eigenvalue weighted by Gasteiger charge is 2.15. The van der Waals surface area contributed by atoms with Gasteiger partial charge in [-0.25, -0.2) is 0 Å². The second-order valence-electron chi connectivity index (χ2n) is 5.28. The number of nitrogens with one attached hydrogen (secondary N) is 1. The van der Waals surface area contributed by atoms with Gasteiger partial charge >= 0.3 is 0 Å². The Kier molecular flexibility index (Phi) is 5.84. The molecule has 0 radical (unpaired) electrons. The molecule has 0 amide bonds. The summed E-state index contributed by atoms with van der Waals surface area (Å²) in [6, 6.07) is 14.3. The Labute approximate surface area is 121 Å². The molecular formula is C17H23NO2. The predicted octanol–water partition coefficient (Wildman–Crippen LogP) is 3.63. The molecule has 0 aliphatic rings. The van der Waals surface area contributed by atoms with Crippen LogP contribution in [0.2, 0.25) is 0 Å². The normalized spacial score (nSPS) is 12.8. The zero-order valence-corrected chi connectivity index (χ0v) is 12.2. The van der Waals surface area contributed by atoms with Gasteiger partial charge in [0.1, 0.15) is 5.76 Å². The summed E-state index contributed by atoms with van der Waals surface area (Å²) in [5.74, 6) is 1.50. The Balaban J connectivity index is 1.91. The van der Waals surface area contributed by atoms with Crippen molar-refractivity contribution in [2.45, 2.75) is 19.9 Å². The van der Waals surface area contributed by atoms with Crippen molar-refractivity contribution in [3.05, 3.63) is 60.1 Å². The van der Waals surface area contributed by atoms with Gasteiger partial charge in [-0.1, -0.05) is 44.2 Å². The van der Waals surface area contributed by atoms with E-state index in [0.29, 0.717) is 12.5 Å². The van der Waals surface area contributed by atoms with Crippen LogP contribution in [0.25, 0.3) is 0 Å². The molecule has 3 heteroatoms. The third-order valence-electron chi connectivity index (χ3n) is 3.01. The Morgan fingerprint density at radius 1 is 1.10 bits per heavy atom. The number of hydrogen-bond donors (Lipinski definition) is 1. The van der Waals surface area contributed by atoms with E-state index in [9.17, 15) is 0 Å². The largest absolute Gasteiger partial charge is 0.467 e. The molecule has 1 N–H and O–H groups in total. The molecule has 1 unspecified atom stereocenters. The summed E-state index contributed by atoms with van der Waals surface area (Å²) in [5, 5.41) is 3.49. The zero-order chi connectivity index (χ0) is 14.2. The molecule has 1 heterocycles.